The molecule has 130 valence electrons. The van der Waals surface area contributed by atoms with Crippen molar-refractivity contribution < 1.29 is 17.6 Å². The summed E-state index contributed by atoms with van der Waals surface area (Å²) in [6.45, 7) is 0. The van der Waals surface area contributed by atoms with E-state index in [0.29, 0.717) is 9.90 Å². The number of amides is 1. The van der Waals surface area contributed by atoms with Crippen molar-refractivity contribution in [1.29, 1.82) is 0 Å². The second kappa shape index (κ2) is 6.75. The fourth-order valence-electron chi connectivity index (χ4n) is 1.91. The molecule has 25 heavy (non-hydrogen) atoms. The van der Waals surface area contributed by atoms with Crippen LogP contribution in [0, 0.1) is 0 Å². The molecule has 0 aliphatic carbocycles. The Morgan fingerprint density at radius 2 is 2.00 bits per heavy atom. The number of benzene rings is 1. The van der Waals surface area contributed by atoms with Crippen LogP contribution in [0.25, 0.3) is 11.5 Å². The maximum atomic E-state index is 12.1. The lowest BCUT2D eigenvalue weighted by atomic mass is 10.2. The quantitative estimate of drug-likeness (QED) is 0.692. The van der Waals surface area contributed by atoms with E-state index in [1.165, 1.54) is 18.2 Å². The van der Waals surface area contributed by atoms with Crippen LogP contribution in [0.15, 0.2) is 39.6 Å². The first-order chi connectivity index (χ1) is 11.7. The molecule has 3 rings (SSSR count). The van der Waals surface area contributed by atoms with Crippen molar-refractivity contribution in [3.63, 3.8) is 0 Å². The summed E-state index contributed by atoms with van der Waals surface area (Å²) in [7, 11) is -3.37. The minimum atomic E-state index is -3.37. The number of hydrogen-bond donors (Lipinski definition) is 1. The molecule has 0 saturated carbocycles. The molecule has 3 aromatic rings. The van der Waals surface area contributed by atoms with Gasteiger partial charge in [0.05, 0.1) is 14.8 Å². The molecule has 2 aromatic heterocycles. The summed E-state index contributed by atoms with van der Waals surface area (Å²) in [6.07, 6.45) is 1.10. The van der Waals surface area contributed by atoms with E-state index < -0.39 is 15.7 Å². The van der Waals surface area contributed by atoms with E-state index in [4.69, 9.17) is 27.6 Å². The summed E-state index contributed by atoms with van der Waals surface area (Å²) in [5.41, 5.74) is 0.600. The number of carbonyl (C=O) groups is 1. The number of thiophene rings is 1. The first-order valence-corrected chi connectivity index (χ1v) is 10.1. The first kappa shape index (κ1) is 17.9. The van der Waals surface area contributed by atoms with Gasteiger partial charge in [-0.15, -0.1) is 16.4 Å². The number of carbonyl (C=O) groups excluding carboxylic acids is 1. The summed E-state index contributed by atoms with van der Waals surface area (Å²) < 4.78 is 29.2. The van der Waals surface area contributed by atoms with Crippen molar-refractivity contribution in [2.75, 3.05) is 11.6 Å². The number of sulfone groups is 1. The van der Waals surface area contributed by atoms with Gasteiger partial charge in [-0.1, -0.05) is 34.4 Å². The monoisotopic (exact) mass is 417 g/mol. The predicted octanol–water partition coefficient (Wildman–Crippen LogP) is 3.76. The molecule has 0 aliphatic heterocycles. The van der Waals surface area contributed by atoms with Crippen LogP contribution < -0.4 is 5.32 Å². The summed E-state index contributed by atoms with van der Waals surface area (Å²) in [5.74, 6) is -0.483. The zero-order chi connectivity index (χ0) is 18.2. The third kappa shape index (κ3) is 4.01. The fourth-order valence-corrected chi connectivity index (χ4v) is 4.03. The van der Waals surface area contributed by atoms with Crippen LogP contribution in [0.2, 0.25) is 8.67 Å². The molecule has 11 heteroatoms. The highest BCUT2D eigenvalue weighted by atomic mass is 35.5. The van der Waals surface area contributed by atoms with E-state index in [1.807, 2.05) is 0 Å². The fraction of sp³-hybridized carbons (Fsp3) is 0.0714. The first-order valence-electron chi connectivity index (χ1n) is 6.64. The third-order valence-electron chi connectivity index (χ3n) is 3.06. The zero-order valence-corrected chi connectivity index (χ0v) is 15.6. The molecule has 0 spiro atoms. The van der Waals surface area contributed by atoms with Gasteiger partial charge in [-0.25, -0.2) is 8.42 Å². The molecule has 0 bridgehead atoms. The van der Waals surface area contributed by atoms with E-state index in [0.717, 1.165) is 17.6 Å². The Balaban J connectivity index is 1.83. The number of halogens is 2. The van der Waals surface area contributed by atoms with Gasteiger partial charge in [0.2, 0.25) is 5.89 Å². The summed E-state index contributed by atoms with van der Waals surface area (Å²) >= 11 is 12.8. The van der Waals surface area contributed by atoms with Gasteiger partial charge in [-0.05, 0) is 24.3 Å². The van der Waals surface area contributed by atoms with Gasteiger partial charge in [0.15, 0.2) is 9.84 Å². The molecule has 0 saturated heterocycles. The van der Waals surface area contributed by atoms with E-state index >= 15 is 0 Å². The summed E-state index contributed by atoms with van der Waals surface area (Å²) in [4.78, 5) is 12.2. The van der Waals surface area contributed by atoms with Crippen LogP contribution in [-0.4, -0.2) is 30.8 Å². The molecule has 1 amide bonds. The zero-order valence-electron chi connectivity index (χ0n) is 12.5. The lowest BCUT2D eigenvalue weighted by molar-refractivity contribution is 0.102. The molecule has 7 nitrogen and oxygen atoms in total. The van der Waals surface area contributed by atoms with Crippen LogP contribution in [-0.2, 0) is 9.84 Å². The average Bonchev–Trinajstić information content (AvgIpc) is 3.13. The van der Waals surface area contributed by atoms with E-state index in [-0.39, 0.29) is 26.7 Å². The number of aromatic nitrogens is 2. The SMILES string of the molecule is CS(=O)(=O)c1cccc(-c2nnc(NC(=O)c3cc(Cl)sc3Cl)o2)c1. The summed E-state index contributed by atoms with van der Waals surface area (Å²) in [6, 6.07) is 7.31. The van der Waals surface area contributed by atoms with Crippen molar-refractivity contribution in [3.05, 3.63) is 44.6 Å². The van der Waals surface area contributed by atoms with Gasteiger partial charge in [0.25, 0.3) is 5.91 Å². The van der Waals surface area contributed by atoms with Gasteiger partial charge in [0.1, 0.15) is 4.34 Å². The molecule has 0 unspecified atom stereocenters. The van der Waals surface area contributed by atoms with Crippen LogP contribution in [0.3, 0.4) is 0 Å². The van der Waals surface area contributed by atoms with Crippen LogP contribution >= 0.6 is 34.5 Å². The van der Waals surface area contributed by atoms with Gasteiger partial charge in [-0.2, -0.15) is 0 Å². The van der Waals surface area contributed by atoms with Crippen molar-refractivity contribution in [3.8, 4) is 11.5 Å². The average molecular weight is 418 g/mol. The van der Waals surface area contributed by atoms with Crippen molar-refractivity contribution >= 4 is 56.3 Å². The van der Waals surface area contributed by atoms with Crippen LogP contribution in [0.1, 0.15) is 10.4 Å². The van der Waals surface area contributed by atoms with Gasteiger partial charge in [0, 0.05) is 11.8 Å². The van der Waals surface area contributed by atoms with E-state index in [2.05, 4.69) is 15.5 Å². The maximum absolute atomic E-state index is 12.1. The molecule has 0 fully saturated rings. The Bertz CT molecular complexity index is 1060. The normalized spacial score (nSPS) is 11.5. The van der Waals surface area contributed by atoms with E-state index in [1.54, 1.807) is 12.1 Å². The largest absolute Gasteiger partial charge is 0.403 e. The highest BCUT2D eigenvalue weighted by Gasteiger charge is 2.18. The molecular weight excluding hydrogens is 409 g/mol. The highest BCUT2D eigenvalue weighted by Crippen LogP contribution is 2.31. The van der Waals surface area contributed by atoms with Gasteiger partial charge >= 0.3 is 6.01 Å². The number of hydrogen-bond acceptors (Lipinski definition) is 7. The second-order valence-corrected chi connectivity index (χ2v) is 9.21. The third-order valence-corrected chi connectivity index (χ3v) is 5.65. The van der Waals surface area contributed by atoms with Crippen molar-refractivity contribution in [2.24, 2.45) is 0 Å². The molecular formula is C14H9Cl2N3O4S2. The maximum Gasteiger partial charge on any atom is 0.322 e. The Hall–Kier alpha value is -1.94. The molecule has 1 N–H and O–H groups in total. The van der Waals surface area contributed by atoms with Crippen LogP contribution in [0.4, 0.5) is 6.01 Å². The number of anilines is 1. The molecule has 0 atom stereocenters. The lowest BCUT2D eigenvalue weighted by Crippen LogP contribution is -2.11. The van der Waals surface area contributed by atoms with E-state index in [9.17, 15) is 13.2 Å². The number of nitrogens with zero attached hydrogens (tertiary/aromatic N) is 2. The van der Waals surface area contributed by atoms with Crippen molar-refractivity contribution in [1.82, 2.24) is 10.2 Å². The Labute approximate surface area is 156 Å². The molecule has 0 aliphatic rings. The van der Waals surface area contributed by atoms with Crippen molar-refractivity contribution in [2.45, 2.75) is 4.90 Å². The predicted molar refractivity (Wildman–Crippen MR) is 95.1 cm³/mol. The lowest BCUT2D eigenvalue weighted by Gasteiger charge is -2.00. The smallest absolute Gasteiger partial charge is 0.322 e. The minimum Gasteiger partial charge on any atom is -0.403 e. The Morgan fingerprint density at radius 3 is 2.64 bits per heavy atom. The minimum absolute atomic E-state index is 0.0650. The number of rotatable bonds is 4. The number of nitrogens with one attached hydrogen (secondary N) is 1. The molecule has 0 radical (unpaired) electrons. The van der Waals surface area contributed by atoms with Gasteiger partial charge < -0.3 is 4.42 Å². The van der Waals surface area contributed by atoms with Crippen LogP contribution in [0.5, 0.6) is 0 Å². The Kier molecular flexibility index (Phi) is 4.83. The Morgan fingerprint density at radius 1 is 1.24 bits per heavy atom. The molecule has 2 heterocycles. The highest BCUT2D eigenvalue weighted by molar-refractivity contribution is 7.90. The second-order valence-electron chi connectivity index (χ2n) is 4.90. The standard InChI is InChI=1S/C14H9Cl2N3O4S2/c1-25(21,22)8-4-2-3-7(5-8)13-18-19-14(23-13)17-12(20)9-6-10(15)24-11(9)16/h2-6H,1H3,(H,17,19,20). The topological polar surface area (TPSA) is 102 Å². The van der Waals surface area contributed by atoms with Gasteiger partial charge in [-0.3, -0.25) is 10.1 Å². The summed E-state index contributed by atoms with van der Waals surface area (Å²) in [5, 5.41) is 9.93. The molecule has 1 aromatic carbocycles.